The van der Waals surface area contributed by atoms with E-state index in [2.05, 4.69) is 4.72 Å². The fourth-order valence-corrected chi connectivity index (χ4v) is 5.17. The number of benzene rings is 1. The van der Waals surface area contributed by atoms with Gasteiger partial charge in [0.05, 0.1) is 10.6 Å². The molecule has 2 rings (SSSR count). The lowest BCUT2D eigenvalue weighted by atomic mass is 10.2. The van der Waals surface area contributed by atoms with Gasteiger partial charge in [-0.1, -0.05) is 18.2 Å². The Morgan fingerprint density at radius 2 is 1.71 bits per heavy atom. The van der Waals surface area contributed by atoms with E-state index in [1.807, 2.05) is 0 Å². The Bertz CT molecular complexity index is 693. The van der Waals surface area contributed by atoms with Gasteiger partial charge in [-0.25, -0.2) is 25.9 Å². The Balaban J connectivity index is 1.98. The van der Waals surface area contributed by atoms with Crippen LogP contribution < -0.4 is 4.72 Å². The van der Waals surface area contributed by atoms with E-state index in [9.17, 15) is 16.8 Å². The molecule has 1 aliphatic heterocycles. The van der Waals surface area contributed by atoms with E-state index in [1.54, 1.807) is 25.1 Å². The number of rotatable bonds is 6. The van der Waals surface area contributed by atoms with Crippen molar-refractivity contribution in [1.82, 2.24) is 9.03 Å². The lowest BCUT2D eigenvalue weighted by Gasteiger charge is -2.15. The second-order valence-electron chi connectivity index (χ2n) is 5.09. The quantitative estimate of drug-likeness (QED) is 0.831. The summed E-state index contributed by atoms with van der Waals surface area (Å²) >= 11 is 0. The molecular formula is C13H20N2O4S2. The highest BCUT2D eigenvalue weighted by molar-refractivity contribution is 7.90. The van der Waals surface area contributed by atoms with E-state index in [0.29, 0.717) is 18.7 Å². The standard InChI is InChI=1S/C13H20N2O4S2/c1-12-6-2-3-7-13(12)21(18,19)14-8-11-20(16,17)15-9-4-5-10-15/h2-3,6-7,14H,4-5,8-11H2,1H3. The largest absolute Gasteiger partial charge is 0.240 e. The molecule has 8 heteroatoms. The second-order valence-corrected chi connectivity index (χ2v) is 8.91. The third-order valence-electron chi connectivity index (χ3n) is 3.49. The van der Waals surface area contributed by atoms with Crippen molar-refractivity contribution in [3.8, 4) is 0 Å². The number of sulfonamides is 2. The molecule has 1 N–H and O–H groups in total. The van der Waals surface area contributed by atoms with Crippen LogP contribution in [0.1, 0.15) is 18.4 Å². The van der Waals surface area contributed by atoms with Gasteiger partial charge in [0.25, 0.3) is 0 Å². The molecule has 1 aromatic rings. The van der Waals surface area contributed by atoms with Crippen molar-refractivity contribution >= 4 is 20.0 Å². The smallest absolute Gasteiger partial charge is 0.212 e. The van der Waals surface area contributed by atoms with Crippen molar-refractivity contribution in [3.63, 3.8) is 0 Å². The third-order valence-corrected chi connectivity index (χ3v) is 6.99. The Labute approximate surface area is 126 Å². The highest BCUT2D eigenvalue weighted by atomic mass is 32.2. The number of nitrogens with zero attached hydrogens (tertiary/aromatic N) is 1. The van der Waals surface area contributed by atoms with Gasteiger partial charge in [0.2, 0.25) is 20.0 Å². The van der Waals surface area contributed by atoms with Crippen LogP contribution >= 0.6 is 0 Å². The Morgan fingerprint density at radius 1 is 1.10 bits per heavy atom. The van der Waals surface area contributed by atoms with E-state index in [0.717, 1.165) is 12.8 Å². The molecule has 1 saturated heterocycles. The second kappa shape index (κ2) is 6.43. The summed E-state index contributed by atoms with van der Waals surface area (Å²) in [5, 5.41) is 0. The number of nitrogens with one attached hydrogen (secondary N) is 1. The molecule has 0 radical (unpaired) electrons. The molecule has 21 heavy (non-hydrogen) atoms. The maximum Gasteiger partial charge on any atom is 0.240 e. The van der Waals surface area contributed by atoms with Crippen LogP contribution in [-0.2, 0) is 20.0 Å². The molecule has 0 aromatic heterocycles. The van der Waals surface area contributed by atoms with Crippen LogP contribution in [-0.4, -0.2) is 46.5 Å². The first-order valence-corrected chi connectivity index (χ1v) is 9.95. The minimum Gasteiger partial charge on any atom is -0.212 e. The third kappa shape index (κ3) is 4.03. The predicted octanol–water partition coefficient (Wildman–Crippen LogP) is 0.699. The summed E-state index contributed by atoms with van der Waals surface area (Å²) in [6, 6.07) is 6.61. The lowest BCUT2D eigenvalue weighted by molar-refractivity contribution is 0.477. The number of aryl methyl sites for hydroxylation is 1. The van der Waals surface area contributed by atoms with Crippen LogP contribution in [0.4, 0.5) is 0 Å². The van der Waals surface area contributed by atoms with Crippen LogP contribution in [0.15, 0.2) is 29.2 Å². The van der Waals surface area contributed by atoms with Gasteiger partial charge in [-0.2, -0.15) is 0 Å². The zero-order valence-electron chi connectivity index (χ0n) is 11.9. The molecule has 1 fully saturated rings. The molecule has 1 aromatic carbocycles. The molecule has 0 spiro atoms. The van der Waals surface area contributed by atoms with Crippen molar-refractivity contribution in [2.24, 2.45) is 0 Å². The summed E-state index contributed by atoms with van der Waals surface area (Å²) in [7, 11) is -7.04. The van der Waals surface area contributed by atoms with E-state index >= 15 is 0 Å². The first-order chi connectivity index (χ1) is 9.83. The van der Waals surface area contributed by atoms with Crippen LogP contribution in [0.2, 0.25) is 0 Å². The Morgan fingerprint density at radius 3 is 2.33 bits per heavy atom. The molecule has 1 aliphatic rings. The lowest BCUT2D eigenvalue weighted by Crippen LogP contribution is -2.36. The minimum absolute atomic E-state index is 0.116. The van der Waals surface area contributed by atoms with Crippen LogP contribution in [0.5, 0.6) is 0 Å². The first kappa shape index (κ1) is 16.4. The molecule has 0 unspecified atom stereocenters. The van der Waals surface area contributed by atoms with Gasteiger partial charge >= 0.3 is 0 Å². The van der Waals surface area contributed by atoms with Crippen molar-refractivity contribution in [1.29, 1.82) is 0 Å². The highest BCUT2D eigenvalue weighted by Crippen LogP contribution is 2.15. The summed E-state index contributed by atoms with van der Waals surface area (Å²) in [6.45, 7) is 2.66. The predicted molar refractivity (Wildman–Crippen MR) is 81.0 cm³/mol. The van der Waals surface area contributed by atoms with E-state index < -0.39 is 20.0 Å². The summed E-state index contributed by atoms with van der Waals surface area (Å²) in [4.78, 5) is 0.184. The monoisotopic (exact) mass is 332 g/mol. The van der Waals surface area contributed by atoms with Gasteiger partial charge in [0.1, 0.15) is 0 Å². The van der Waals surface area contributed by atoms with Gasteiger partial charge in [0, 0.05) is 19.6 Å². The van der Waals surface area contributed by atoms with Crippen molar-refractivity contribution in [2.75, 3.05) is 25.4 Å². The number of hydrogen-bond acceptors (Lipinski definition) is 4. The maximum atomic E-state index is 12.1. The van der Waals surface area contributed by atoms with Gasteiger partial charge < -0.3 is 0 Å². The fourth-order valence-electron chi connectivity index (χ4n) is 2.34. The molecule has 6 nitrogen and oxygen atoms in total. The van der Waals surface area contributed by atoms with Crippen molar-refractivity contribution in [3.05, 3.63) is 29.8 Å². The number of hydrogen-bond donors (Lipinski definition) is 1. The summed E-state index contributed by atoms with van der Waals surface area (Å²) in [5.74, 6) is -0.210. The first-order valence-electron chi connectivity index (χ1n) is 6.86. The minimum atomic E-state index is -3.67. The van der Waals surface area contributed by atoms with E-state index in [-0.39, 0.29) is 17.2 Å². The zero-order chi connectivity index (χ0) is 15.5. The topological polar surface area (TPSA) is 83.5 Å². The van der Waals surface area contributed by atoms with Gasteiger partial charge in [-0.3, -0.25) is 0 Å². The Hall–Kier alpha value is -0.960. The molecule has 0 amide bonds. The van der Waals surface area contributed by atoms with Crippen LogP contribution in [0, 0.1) is 6.92 Å². The average molecular weight is 332 g/mol. The summed E-state index contributed by atoms with van der Waals surface area (Å²) in [6.07, 6.45) is 1.74. The van der Waals surface area contributed by atoms with Gasteiger partial charge in [-0.15, -0.1) is 0 Å². The molecule has 0 atom stereocenters. The zero-order valence-corrected chi connectivity index (χ0v) is 13.6. The fraction of sp³-hybridized carbons (Fsp3) is 0.538. The summed E-state index contributed by atoms with van der Waals surface area (Å²) in [5.41, 5.74) is 0.632. The SMILES string of the molecule is Cc1ccccc1S(=O)(=O)NCCS(=O)(=O)N1CCCC1. The molecule has 118 valence electrons. The van der Waals surface area contributed by atoms with Crippen LogP contribution in [0.3, 0.4) is 0 Å². The summed E-state index contributed by atoms with van der Waals surface area (Å²) < 4.78 is 52.1. The molecule has 0 saturated carbocycles. The van der Waals surface area contributed by atoms with Gasteiger partial charge in [-0.05, 0) is 31.4 Å². The average Bonchev–Trinajstić information content (AvgIpc) is 2.93. The van der Waals surface area contributed by atoms with Crippen molar-refractivity contribution in [2.45, 2.75) is 24.7 Å². The molecular weight excluding hydrogens is 312 g/mol. The van der Waals surface area contributed by atoms with E-state index in [1.165, 1.54) is 10.4 Å². The van der Waals surface area contributed by atoms with Crippen molar-refractivity contribution < 1.29 is 16.8 Å². The molecule has 1 heterocycles. The molecule has 0 bridgehead atoms. The maximum absolute atomic E-state index is 12.1. The normalized spacial score (nSPS) is 17.2. The highest BCUT2D eigenvalue weighted by Gasteiger charge is 2.25. The Kier molecular flexibility index (Phi) is 5.03. The van der Waals surface area contributed by atoms with Crippen LogP contribution in [0.25, 0.3) is 0 Å². The van der Waals surface area contributed by atoms with E-state index in [4.69, 9.17) is 0 Å². The molecule has 0 aliphatic carbocycles. The van der Waals surface area contributed by atoms with Gasteiger partial charge in [0.15, 0.2) is 0 Å².